The third-order valence-electron chi connectivity index (χ3n) is 9.89. The number of ether oxygens (including phenoxy) is 1. The van der Waals surface area contributed by atoms with Crippen LogP contribution in [-0.4, -0.2) is 76.6 Å². The van der Waals surface area contributed by atoms with E-state index in [1.54, 1.807) is 35.2 Å². The summed E-state index contributed by atoms with van der Waals surface area (Å²) in [7, 11) is 0. The van der Waals surface area contributed by atoms with E-state index in [1.165, 1.54) is 12.1 Å². The van der Waals surface area contributed by atoms with Crippen molar-refractivity contribution >= 4 is 56.6 Å². The Hall–Kier alpha value is -4.04. The van der Waals surface area contributed by atoms with Crippen molar-refractivity contribution in [3.8, 4) is 23.2 Å². The number of carbonyl (C=O) groups excluding carboxylic acids is 1. The topological polar surface area (TPSA) is 85.6 Å². The van der Waals surface area contributed by atoms with Gasteiger partial charge in [-0.25, -0.2) is 8.78 Å². The molecule has 1 atom stereocenters. The van der Waals surface area contributed by atoms with Gasteiger partial charge < -0.3 is 14.5 Å². The minimum absolute atomic E-state index is 0.0115. The van der Waals surface area contributed by atoms with Crippen LogP contribution in [0.3, 0.4) is 0 Å². The van der Waals surface area contributed by atoms with Gasteiger partial charge in [0.05, 0.1) is 34.1 Å². The first kappa shape index (κ1) is 31.6. The number of halogens is 4. The number of carbonyl (C=O) groups is 1. The summed E-state index contributed by atoms with van der Waals surface area (Å²) in [6.45, 7) is 6.96. The van der Waals surface area contributed by atoms with Crippen molar-refractivity contribution in [2.24, 2.45) is 0 Å². The Morgan fingerprint density at radius 2 is 1.91 bits per heavy atom. The molecular formula is C35H32Cl2F2N6O2. The zero-order valence-electron chi connectivity index (χ0n) is 25.6. The molecule has 3 aliphatic heterocycles. The number of nitrogens with zero attached hydrogens (tertiary/aromatic N) is 6. The highest BCUT2D eigenvalue weighted by molar-refractivity contribution is 6.38. The number of nitriles is 1. The first-order valence-corrected chi connectivity index (χ1v) is 16.5. The molecule has 242 valence electrons. The molecule has 3 fully saturated rings. The smallest absolute Gasteiger partial charge is 0.319 e. The maximum atomic E-state index is 17.0. The van der Waals surface area contributed by atoms with Crippen LogP contribution in [0.1, 0.15) is 32.1 Å². The lowest BCUT2D eigenvalue weighted by atomic mass is 9.95. The molecule has 0 N–H and O–H groups in total. The van der Waals surface area contributed by atoms with E-state index >= 15 is 4.39 Å². The van der Waals surface area contributed by atoms with Crippen LogP contribution in [0.15, 0.2) is 49.1 Å². The van der Waals surface area contributed by atoms with Crippen LogP contribution in [0.2, 0.25) is 10.0 Å². The van der Waals surface area contributed by atoms with Crippen LogP contribution in [0.4, 0.5) is 14.6 Å². The third-order valence-corrected chi connectivity index (χ3v) is 10.6. The van der Waals surface area contributed by atoms with Crippen LogP contribution in [0.5, 0.6) is 6.01 Å². The third kappa shape index (κ3) is 5.44. The monoisotopic (exact) mass is 676 g/mol. The van der Waals surface area contributed by atoms with Gasteiger partial charge in [-0.15, -0.1) is 0 Å². The van der Waals surface area contributed by atoms with Crippen LogP contribution < -0.4 is 9.64 Å². The van der Waals surface area contributed by atoms with Gasteiger partial charge in [0, 0.05) is 36.0 Å². The standard InChI is InChI=1S/C35H32Cl2F2N6O2/c1-2-27(46)45-17-16-43(19-22(45)10-13-40)33-24-18-25(36)29(23-7-3-6-21-8-9-26(38)30(37)28(21)23)31(39)32(24)41-34(42-33)47-20-35-11-4-14-44(35)15-5-12-35/h2-3,6-9,18,22H,1,4-5,10-12,14-17,19-20H2/t22-/m0/s1. The summed E-state index contributed by atoms with van der Waals surface area (Å²) >= 11 is 13.3. The summed E-state index contributed by atoms with van der Waals surface area (Å²) in [6.07, 6.45) is 5.53. The predicted octanol–water partition coefficient (Wildman–Crippen LogP) is 7.16. The number of amides is 1. The van der Waals surface area contributed by atoms with E-state index in [9.17, 15) is 14.4 Å². The van der Waals surface area contributed by atoms with Gasteiger partial charge in [0.25, 0.3) is 0 Å². The molecule has 0 spiro atoms. The quantitative estimate of drug-likeness (QED) is 0.192. The van der Waals surface area contributed by atoms with Crippen molar-refractivity contribution in [3.05, 3.63) is 70.7 Å². The second kappa shape index (κ2) is 12.5. The van der Waals surface area contributed by atoms with Gasteiger partial charge >= 0.3 is 6.01 Å². The Kier molecular flexibility index (Phi) is 8.41. The number of piperazine rings is 1. The Morgan fingerprint density at radius 1 is 1.13 bits per heavy atom. The average molecular weight is 678 g/mol. The Bertz CT molecular complexity index is 1960. The molecule has 1 aromatic heterocycles. The van der Waals surface area contributed by atoms with Crippen molar-refractivity contribution in [3.63, 3.8) is 0 Å². The zero-order chi connectivity index (χ0) is 32.9. The molecule has 0 bridgehead atoms. The van der Waals surface area contributed by atoms with E-state index in [4.69, 9.17) is 32.9 Å². The van der Waals surface area contributed by atoms with Crippen LogP contribution in [0.25, 0.3) is 32.8 Å². The van der Waals surface area contributed by atoms with E-state index in [0.29, 0.717) is 47.2 Å². The lowest BCUT2D eigenvalue weighted by Crippen LogP contribution is -2.55. The number of benzene rings is 3. The lowest BCUT2D eigenvalue weighted by Gasteiger charge is -2.41. The van der Waals surface area contributed by atoms with Crippen LogP contribution in [0, 0.1) is 23.0 Å². The lowest BCUT2D eigenvalue weighted by molar-refractivity contribution is -0.128. The fourth-order valence-electron chi connectivity index (χ4n) is 7.63. The molecule has 4 aromatic rings. The Labute approximate surface area is 281 Å². The average Bonchev–Trinajstić information content (AvgIpc) is 3.66. The molecule has 7 rings (SSSR count). The minimum atomic E-state index is -0.718. The zero-order valence-corrected chi connectivity index (χ0v) is 27.1. The van der Waals surface area contributed by atoms with Gasteiger partial charge in [-0.3, -0.25) is 9.69 Å². The highest BCUT2D eigenvalue weighted by atomic mass is 35.5. The van der Waals surface area contributed by atoms with Crippen molar-refractivity contribution < 1.29 is 18.3 Å². The molecule has 0 radical (unpaired) electrons. The maximum Gasteiger partial charge on any atom is 0.319 e. The van der Waals surface area contributed by atoms with Gasteiger partial charge in [-0.2, -0.15) is 15.2 Å². The second-order valence-electron chi connectivity index (χ2n) is 12.4. The molecule has 8 nitrogen and oxygen atoms in total. The molecule has 4 heterocycles. The number of fused-ring (bicyclic) bond motifs is 3. The molecule has 1 amide bonds. The predicted molar refractivity (Wildman–Crippen MR) is 179 cm³/mol. The number of aromatic nitrogens is 2. The minimum Gasteiger partial charge on any atom is -0.461 e. The fourth-order valence-corrected chi connectivity index (χ4v) is 8.19. The highest BCUT2D eigenvalue weighted by Gasteiger charge is 2.45. The van der Waals surface area contributed by atoms with E-state index in [0.717, 1.165) is 38.8 Å². The van der Waals surface area contributed by atoms with Gasteiger partial charge in [-0.05, 0) is 67.9 Å². The molecule has 12 heteroatoms. The van der Waals surface area contributed by atoms with Gasteiger partial charge in [0.1, 0.15) is 23.8 Å². The fraction of sp³-hybridized carbons (Fsp3) is 0.371. The van der Waals surface area contributed by atoms with E-state index in [2.05, 4.69) is 22.5 Å². The van der Waals surface area contributed by atoms with E-state index in [-0.39, 0.29) is 51.5 Å². The number of hydrogen-bond donors (Lipinski definition) is 0. The molecule has 3 aromatic carbocycles. The second-order valence-corrected chi connectivity index (χ2v) is 13.2. The summed E-state index contributed by atoms with van der Waals surface area (Å²) < 4.78 is 37.9. The molecular weight excluding hydrogens is 645 g/mol. The maximum absolute atomic E-state index is 17.0. The highest BCUT2D eigenvalue weighted by Crippen LogP contribution is 2.44. The van der Waals surface area contributed by atoms with Gasteiger partial charge in [-0.1, -0.05) is 54.0 Å². The number of anilines is 1. The Balaban J connectivity index is 1.37. The summed E-state index contributed by atoms with van der Waals surface area (Å²) in [6, 6.07) is 11.4. The van der Waals surface area contributed by atoms with Crippen LogP contribution >= 0.6 is 23.2 Å². The van der Waals surface area contributed by atoms with Crippen molar-refractivity contribution in [2.45, 2.75) is 43.7 Å². The van der Waals surface area contributed by atoms with E-state index < -0.39 is 17.7 Å². The van der Waals surface area contributed by atoms with Crippen molar-refractivity contribution in [1.29, 1.82) is 5.26 Å². The number of hydrogen-bond acceptors (Lipinski definition) is 7. The van der Waals surface area contributed by atoms with Gasteiger partial charge in [0.2, 0.25) is 5.91 Å². The summed E-state index contributed by atoms with van der Waals surface area (Å²) in [4.78, 5) is 28.0. The van der Waals surface area contributed by atoms with Gasteiger partial charge in [0.15, 0.2) is 5.82 Å². The molecule has 47 heavy (non-hydrogen) atoms. The summed E-state index contributed by atoms with van der Waals surface area (Å²) in [5, 5.41) is 10.8. The number of rotatable bonds is 7. The van der Waals surface area contributed by atoms with E-state index in [1.807, 2.05) is 4.90 Å². The van der Waals surface area contributed by atoms with Crippen molar-refractivity contribution in [1.82, 2.24) is 19.8 Å². The van der Waals surface area contributed by atoms with Crippen molar-refractivity contribution in [2.75, 3.05) is 44.2 Å². The summed E-state index contributed by atoms with van der Waals surface area (Å²) in [5.74, 6) is -1.22. The SMILES string of the molecule is C=CC(=O)N1CCN(c2nc(OCC34CCCN3CCC4)nc3c(F)c(-c4cccc5ccc(F)c(Cl)c45)c(Cl)cc23)C[C@@H]1CC#N. The molecule has 0 unspecified atom stereocenters. The molecule has 0 saturated carbocycles. The molecule has 3 aliphatic rings. The first-order valence-electron chi connectivity index (χ1n) is 15.7. The summed E-state index contributed by atoms with van der Waals surface area (Å²) in [5.41, 5.74) is 0.257. The normalized spacial score (nSPS) is 19.3. The largest absolute Gasteiger partial charge is 0.461 e. The first-order chi connectivity index (χ1) is 22.7. The molecule has 0 aliphatic carbocycles. The van der Waals surface area contributed by atoms with Crippen LogP contribution in [-0.2, 0) is 4.79 Å². The molecule has 3 saturated heterocycles. The Morgan fingerprint density at radius 3 is 2.66 bits per heavy atom.